The monoisotopic (exact) mass is 603 g/mol. The van der Waals surface area contributed by atoms with Crippen LogP contribution in [0.5, 0.6) is 5.75 Å². The molecule has 1 saturated carbocycles. The van der Waals surface area contributed by atoms with Crippen molar-refractivity contribution in [1.29, 1.82) is 0 Å². The average molecular weight is 604 g/mol. The molecule has 3 N–H and O–H groups in total. The van der Waals surface area contributed by atoms with Crippen molar-refractivity contribution in [2.24, 2.45) is 0 Å². The van der Waals surface area contributed by atoms with Gasteiger partial charge in [-0.3, -0.25) is 19.1 Å². The number of fused-ring (bicyclic) bond motifs is 1. The lowest BCUT2D eigenvalue weighted by Crippen LogP contribution is -2.51. The third-order valence-corrected chi connectivity index (χ3v) is 8.46. The molecule has 0 spiro atoms. The van der Waals surface area contributed by atoms with E-state index in [4.69, 9.17) is 4.74 Å². The van der Waals surface area contributed by atoms with Crippen molar-refractivity contribution in [3.8, 4) is 5.75 Å². The summed E-state index contributed by atoms with van der Waals surface area (Å²) in [6, 6.07) is 4.00. The lowest BCUT2D eigenvalue weighted by atomic mass is 10.1. The van der Waals surface area contributed by atoms with Gasteiger partial charge in [0.15, 0.2) is 0 Å². The van der Waals surface area contributed by atoms with Crippen LogP contribution in [-0.2, 0) is 19.6 Å². The van der Waals surface area contributed by atoms with Crippen molar-refractivity contribution in [3.05, 3.63) is 30.1 Å². The van der Waals surface area contributed by atoms with E-state index in [2.05, 4.69) is 20.5 Å². The van der Waals surface area contributed by atoms with E-state index in [1.807, 2.05) is 0 Å². The molecule has 0 saturated heterocycles. The number of carbonyl (C=O) groups excluding carboxylic acids is 2. The molecule has 4 rings (SSSR count). The summed E-state index contributed by atoms with van der Waals surface area (Å²) in [7, 11) is -4.27. The summed E-state index contributed by atoms with van der Waals surface area (Å²) in [6.07, 6.45) is -3.90. The molecule has 1 fully saturated rings. The Morgan fingerprint density at radius 2 is 1.85 bits per heavy atom. The van der Waals surface area contributed by atoms with Crippen molar-refractivity contribution >= 4 is 33.4 Å². The molecular weight excluding hydrogens is 571 g/mol. The first-order valence-corrected chi connectivity index (χ1v) is 14.2. The standard InChI is InChI=1S/C25H32F3N5O7S/c1-14-20(13-32(31-14)16-7-8-16)41(37,38)33-12-17(11-29-21(34)23(2,3)36)39-19-9-6-15(10-18(19)33)30-22(35)40-24(4,5)25(26,27)28/h6,9-10,13,16-17,36H,7-8,11-12H2,1-5H3,(H,29,34)(H,30,35). The van der Waals surface area contributed by atoms with Gasteiger partial charge in [-0.05, 0) is 65.7 Å². The number of nitrogens with one attached hydrogen (secondary N) is 2. The number of aryl methyl sites for hydroxylation is 1. The van der Waals surface area contributed by atoms with Crippen LogP contribution in [0, 0.1) is 6.92 Å². The Hall–Kier alpha value is -3.53. The average Bonchev–Trinajstić information content (AvgIpc) is 3.61. The number of halogens is 3. The highest BCUT2D eigenvalue weighted by atomic mass is 32.2. The van der Waals surface area contributed by atoms with Gasteiger partial charge >= 0.3 is 12.3 Å². The molecule has 2 heterocycles. The molecular formula is C25H32F3N5O7S. The maximum atomic E-state index is 14.0. The molecule has 0 radical (unpaired) electrons. The Balaban J connectivity index is 1.65. The summed E-state index contributed by atoms with van der Waals surface area (Å²) in [5.74, 6) is -0.619. The zero-order chi connectivity index (χ0) is 30.5. The fraction of sp³-hybridized carbons (Fsp3) is 0.560. The van der Waals surface area contributed by atoms with Gasteiger partial charge in [-0.15, -0.1) is 0 Å². The summed E-state index contributed by atoms with van der Waals surface area (Å²) in [5.41, 5.74) is -4.23. The number of hydrogen-bond donors (Lipinski definition) is 3. The number of aliphatic hydroxyl groups is 1. The number of benzene rings is 1. The third-order valence-electron chi connectivity index (χ3n) is 6.57. The summed E-state index contributed by atoms with van der Waals surface area (Å²) in [6.45, 7) is 5.13. The van der Waals surface area contributed by atoms with Gasteiger partial charge in [0.25, 0.3) is 15.9 Å². The largest absolute Gasteiger partial charge is 0.484 e. The first-order chi connectivity index (χ1) is 18.8. The number of anilines is 2. The van der Waals surface area contributed by atoms with Gasteiger partial charge in [-0.2, -0.15) is 18.3 Å². The molecule has 1 aromatic heterocycles. The molecule has 2 aliphatic rings. The number of amides is 2. The Labute approximate surface area is 234 Å². The number of rotatable bonds is 8. The summed E-state index contributed by atoms with van der Waals surface area (Å²) < 4.78 is 80.5. The summed E-state index contributed by atoms with van der Waals surface area (Å²) >= 11 is 0. The van der Waals surface area contributed by atoms with Crippen molar-refractivity contribution in [3.63, 3.8) is 0 Å². The van der Waals surface area contributed by atoms with E-state index in [9.17, 15) is 36.3 Å². The van der Waals surface area contributed by atoms with Crippen LogP contribution in [0.2, 0.25) is 0 Å². The SMILES string of the molecule is Cc1nn(C2CC2)cc1S(=O)(=O)N1CC(CNC(=O)C(C)(C)O)Oc2ccc(NC(=O)OC(C)(C)C(F)(F)F)cc21. The van der Waals surface area contributed by atoms with E-state index in [0.717, 1.165) is 17.1 Å². The van der Waals surface area contributed by atoms with Crippen LogP contribution in [0.15, 0.2) is 29.3 Å². The molecule has 2 aromatic rings. The van der Waals surface area contributed by atoms with Gasteiger partial charge < -0.3 is 19.9 Å². The van der Waals surface area contributed by atoms with Gasteiger partial charge in [0, 0.05) is 11.9 Å². The fourth-order valence-electron chi connectivity index (χ4n) is 3.94. The van der Waals surface area contributed by atoms with Crippen molar-refractivity contribution < 1.29 is 45.8 Å². The van der Waals surface area contributed by atoms with E-state index in [0.29, 0.717) is 13.8 Å². The highest BCUT2D eigenvalue weighted by molar-refractivity contribution is 7.92. The van der Waals surface area contributed by atoms with Crippen LogP contribution in [0.3, 0.4) is 0 Å². The highest BCUT2D eigenvalue weighted by Gasteiger charge is 2.51. The van der Waals surface area contributed by atoms with Crippen LogP contribution in [0.1, 0.15) is 52.3 Å². The van der Waals surface area contributed by atoms with Gasteiger partial charge in [-0.25, -0.2) is 13.2 Å². The zero-order valence-corrected chi connectivity index (χ0v) is 23.9. The molecule has 2 amide bonds. The van der Waals surface area contributed by atoms with E-state index < -0.39 is 45.5 Å². The predicted octanol–water partition coefficient (Wildman–Crippen LogP) is 3.26. The maximum absolute atomic E-state index is 14.0. The lowest BCUT2D eigenvalue weighted by molar-refractivity contribution is -0.242. The minimum absolute atomic E-state index is 0.00141. The predicted molar refractivity (Wildman–Crippen MR) is 140 cm³/mol. The van der Waals surface area contributed by atoms with Crippen molar-refractivity contribution in [2.75, 3.05) is 22.7 Å². The molecule has 1 aliphatic heterocycles. The second-order valence-electron chi connectivity index (χ2n) is 11.0. The van der Waals surface area contributed by atoms with E-state index in [1.165, 1.54) is 38.2 Å². The lowest BCUT2D eigenvalue weighted by Gasteiger charge is -2.36. The summed E-state index contributed by atoms with van der Waals surface area (Å²) in [5, 5.41) is 19.0. The van der Waals surface area contributed by atoms with Crippen molar-refractivity contribution in [2.45, 2.75) is 81.9 Å². The number of carbonyl (C=O) groups is 2. The minimum atomic E-state index is -4.82. The fourth-order valence-corrected chi connectivity index (χ4v) is 5.60. The Morgan fingerprint density at radius 1 is 1.20 bits per heavy atom. The first kappa shape index (κ1) is 30.4. The Bertz CT molecular complexity index is 1450. The van der Waals surface area contributed by atoms with Gasteiger partial charge in [-0.1, -0.05) is 0 Å². The Morgan fingerprint density at radius 3 is 2.44 bits per heavy atom. The minimum Gasteiger partial charge on any atom is -0.484 e. The van der Waals surface area contributed by atoms with Crippen LogP contribution < -0.4 is 19.7 Å². The Kier molecular flexibility index (Phi) is 7.71. The molecule has 1 aromatic carbocycles. The smallest absolute Gasteiger partial charge is 0.427 e. The molecule has 1 aliphatic carbocycles. The van der Waals surface area contributed by atoms with Crippen LogP contribution in [0.4, 0.5) is 29.3 Å². The number of alkyl halides is 3. The third kappa shape index (κ3) is 6.53. The van der Waals surface area contributed by atoms with Crippen LogP contribution in [0.25, 0.3) is 0 Å². The molecule has 1 atom stereocenters. The zero-order valence-electron chi connectivity index (χ0n) is 23.1. The van der Waals surface area contributed by atoms with Crippen LogP contribution in [-0.4, -0.2) is 71.9 Å². The molecule has 16 heteroatoms. The molecule has 41 heavy (non-hydrogen) atoms. The normalized spacial score (nSPS) is 17.9. The first-order valence-electron chi connectivity index (χ1n) is 12.8. The second kappa shape index (κ2) is 10.4. The highest BCUT2D eigenvalue weighted by Crippen LogP contribution is 2.41. The topological polar surface area (TPSA) is 152 Å². The summed E-state index contributed by atoms with van der Waals surface area (Å²) in [4.78, 5) is 24.4. The number of ether oxygens (including phenoxy) is 2. The number of aromatic nitrogens is 2. The van der Waals surface area contributed by atoms with E-state index >= 15 is 0 Å². The molecule has 226 valence electrons. The number of hydrogen-bond acceptors (Lipinski definition) is 8. The van der Waals surface area contributed by atoms with Gasteiger partial charge in [0.05, 0.1) is 30.5 Å². The van der Waals surface area contributed by atoms with E-state index in [1.54, 1.807) is 11.6 Å². The quantitative estimate of drug-likeness (QED) is 0.416. The molecule has 1 unspecified atom stereocenters. The van der Waals surface area contributed by atoms with E-state index in [-0.39, 0.29) is 46.8 Å². The maximum Gasteiger partial charge on any atom is 0.427 e. The molecule has 12 nitrogen and oxygen atoms in total. The second-order valence-corrected chi connectivity index (χ2v) is 12.9. The molecule has 0 bridgehead atoms. The number of nitrogens with zero attached hydrogens (tertiary/aromatic N) is 3. The van der Waals surface area contributed by atoms with Gasteiger partial charge in [0.2, 0.25) is 5.60 Å². The number of sulfonamides is 1. The van der Waals surface area contributed by atoms with Crippen molar-refractivity contribution in [1.82, 2.24) is 15.1 Å². The van der Waals surface area contributed by atoms with Gasteiger partial charge in [0.1, 0.15) is 22.4 Å². The van der Waals surface area contributed by atoms with Crippen LogP contribution >= 0.6 is 0 Å².